The molecule has 0 atom stereocenters. The molecule has 4 heteroatoms. The van der Waals surface area contributed by atoms with Gasteiger partial charge in [0, 0.05) is 17.9 Å². The molecule has 0 radical (unpaired) electrons. The third-order valence-electron chi connectivity index (χ3n) is 2.01. The Kier molecular flexibility index (Phi) is 4.92. The molecule has 0 saturated heterocycles. The fraction of sp³-hybridized carbons (Fsp3) is 0.364. The zero-order valence-corrected chi connectivity index (χ0v) is 9.94. The van der Waals surface area contributed by atoms with Crippen LogP contribution in [0, 0.1) is 0 Å². The van der Waals surface area contributed by atoms with Crippen LogP contribution in [0.2, 0.25) is 5.02 Å². The lowest BCUT2D eigenvalue weighted by Gasteiger charge is -2.05. The van der Waals surface area contributed by atoms with Gasteiger partial charge in [0.2, 0.25) is 0 Å². The molecule has 1 aromatic rings. The summed E-state index contributed by atoms with van der Waals surface area (Å²) in [5.41, 5.74) is 0.530. The number of benzene rings is 1. The first kappa shape index (κ1) is 12.3. The predicted molar refractivity (Wildman–Crippen MR) is 62.3 cm³/mol. The fourth-order valence-electron chi connectivity index (χ4n) is 1.21. The van der Waals surface area contributed by atoms with E-state index in [9.17, 15) is 4.79 Å². The highest BCUT2D eigenvalue weighted by Crippen LogP contribution is 2.23. The fourth-order valence-corrected chi connectivity index (χ4v) is 1.62. The average molecular weight is 247 g/mol. The summed E-state index contributed by atoms with van der Waals surface area (Å²) in [4.78, 5) is 11.6. The van der Waals surface area contributed by atoms with Crippen LogP contribution < -0.4 is 4.74 Å². The second kappa shape index (κ2) is 5.99. The molecular weight excluding hydrogens is 235 g/mol. The summed E-state index contributed by atoms with van der Waals surface area (Å²) in [7, 11) is 1.56. The molecule has 0 aromatic heterocycles. The van der Waals surface area contributed by atoms with Gasteiger partial charge in [0.15, 0.2) is 5.78 Å². The summed E-state index contributed by atoms with van der Waals surface area (Å²) >= 11 is 11.5. The number of halogens is 2. The Balaban J connectivity index is 2.81. The summed E-state index contributed by atoms with van der Waals surface area (Å²) in [5.74, 6) is 1.15. The number of ketones is 1. The monoisotopic (exact) mass is 246 g/mol. The lowest BCUT2D eigenvalue weighted by Crippen LogP contribution is -2.00. The minimum Gasteiger partial charge on any atom is -0.497 e. The smallest absolute Gasteiger partial charge is 0.164 e. The highest BCUT2D eigenvalue weighted by atomic mass is 35.5. The van der Waals surface area contributed by atoms with E-state index in [4.69, 9.17) is 27.9 Å². The largest absolute Gasteiger partial charge is 0.497 e. The number of carbonyl (C=O) groups excluding carboxylic acids is 1. The SMILES string of the molecule is COc1ccc(C(=O)CCCCl)c(Cl)c1. The zero-order chi connectivity index (χ0) is 11.3. The summed E-state index contributed by atoms with van der Waals surface area (Å²) < 4.78 is 4.99. The molecule has 82 valence electrons. The minimum absolute atomic E-state index is 0.0169. The maximum absolute atomic E-state index is 11.6. The van der Waals surface area contributed by atoms with Crippen LogP contribution in [0.4, 0.5) is 0 Å². The summed E-state index contributed by atoms with van der Waals surface area (Å²) in [6.07, 6.45) is 1.10. The molecule has 0 bridgehead atoms. The standard InChI is InChI=1S/C11H12Cl2O2/c1-15-8-4-5-9(10(13)7-8)11(14)3-2-6-12/h4-5,7H,2-3,6H2,1H3. The minimum atomic E-state index is 0.0169. The quantitative estimate of drug-likeness (QED) is 0.587. The molecule has 1 rings (SSSR count). The lowest BCUT2D eigenvalue weighted by molar-refractivity contribution is 0.0982. The van der Waals surface area contributed by atoms with E-state index in [0.29, 0.717) is 35.1 Å². The summed E-state index contributed by atoms with van der Waals surface area (Å²) in [5, 5.41) is 0.425. The van der Waals surface area contributed by atoms with Crippen LogP contribution >= 0.6 is 23.2 Å². The number of hydrogen-bond acceptors (Lipinski definition) is 2. The van der Waals surface area contributed by atoms with E-state index in [0.717, 1.165) is 0 Å². The molecule has 15 heavy (non-hydrogen) atoms. The Hall–Kier alpha value is -0.730. The number of alkyl halides is 1. The van der Waals surface area contributed by atoms with E-state index in [1.807, 2.05) is 0 Å². The number of rotatable bonds is 5. The number of hydrogen-bond donors (Lipinski definition) is 0. The van der Waals surface area contributed by atoms with Crippen molar-refractivity contribution >= 4 is 29.0 Å². The molecule has 0 fully saturated rings. The van der Waals surface area contributed by atoms with Gasteiger partial charge in [-0.1, -0.05) is 11.6 Å². The van der Waals surface area contributed by atoms with Crippen molar-refractivity contribution in [2.24, 2.45) is 0 Å². The highest BCUT2D eigenvalue weighted by Gasteiger charge is 2.10. The van der Waals surface area contributed by atoms with E-state index in [1.165, 1.54) is 0 Å². The second-order valence-corrected chi connectivity index (χ2v) is 3.85. The Morgan fingerprint density at radius 3 is 2.73 bits per heavy atom. The van der Waals surface area contributed by atoms with E-state index in [-0.39, 0.29) is 5.78 Å². The number of methoxy groups -OCH3 is 1. The van der Waals surface area contributed by atoms with Gasteiger partial charge in [0.05, 0.1) is 12.1 Å². The van der Waals surface area contributed by atoms with Crippen molar-refractivity contribution in [3.05, 3.63) is 28.8 Å². The van der Waals surface area contributed by atoms with Crippen molar-refractivity contribution in [2.45, 2.75) is 12.8 Å². The molecule has 0 aliphatic rings. The third-order valence-corrected chi connectivity index (χ3v) is 2.59. The molecular formula is C11H12Cl2O2. The number of Topliss-reactive ketones (excluding diaryl/α,β-unsaturated/α-hetero) is 1. The van der Waals surface area contributed by atoms with Gasteiger partial charge in [-0.05, 0) is 24.6 Å². The predicted octanol–water partition coefficient (Wildman–Crippen LogP) is 3.55. The molecule has 0 aliphatic carbocycles. The molecule has 1 aromatic carbocycles. The van der Waals surface area contributed by atoms with Crippen LogP contribution in [-0.2, 0) is 0 Å². The Morgan fingerprint density at radius 1 is 1.47 bits per heavy atom. The van der Waals surface area contributed by atoms with Crippen molar-refractivity contribution in [1.82, 2.24) is 0 Å². The van der Waals surface area contributed by atoms with Crippen LogP contribution in [0.15, 0.2) is 18.2 Å². The van der Waals surface area contributed by atoms with E-state index in [1.54, 1.807) is 25.3 Å². The molecule has 0 spiro atoms. The first-order chi connectivity index (χ1) is 7.19. The van der Waals surface area contributed by atoms with Crippen molar-refractivity contribution in [1.29, 1.82) is 0 Å². The van der Waals surface area contributed by atoms with Gasteiger partial charge in [-0.25, -0.2) is 0 Å². The van der Waals surface area contributed by atoms with Crippen LogP contribution in [0.5, 0.6) is 5.75 Å². The molecule has 0 unspecified atom stereocenters. The molecule has 0 aliphatic heterocycles. The molecule has 0 amide bonds. The van der Waals surface area contributed by atoms with Crippen LogP contribution in [0.3, 0.4) is 0 Å². The van der Waals surface area contributed by atoms with Crippen molar-refractivity contribution < 1.29 is 9.53 Å². The third kappa shape index (κ3) is 3.40. The van der Waals surface area contributed by atoms with Crippen molar-refractivity contribution in [3.63, 3.8) is 0 Å². The second-order valence-electron chi connectivity index (χ2n) is 3.06. The maximum atomic E-state index is 11.6. The Morgan fingerprint density at radius 2 is 2.20 bits per heavy atom. The Bertz CT molecular complexity index is 350. The van der Waals surface area contributed by atoms with Crippen LogP contribution in [-0.4, -0.2) is 18.8 Å². The highest BCUT2D eigenvalue weighted by molar-refractivity contribution is 6.34. The van der Waals surface area contributed by atoms with Gasteiger partial charge in [0.25, 0.3) is 0 Å². The lowest BCUT2D eigenvalue weighted by atomic mass is 10.1. The van der Waals surface area contributed by atoms with Crippen LogP contribution in [0.25, 0.3) is 0 Å². The normalized spacial score (nSPS) is 10.1. The van der Waals surface area contributed by atoms with Crippen molar-refractivity contribution in [2.75, 3.05) is 13.0 Å². The average Bonchev–Trinajstić information content (AvgIpc) is 2.25. The van der Waals surface area contributed by atoms with Gasteiger partial charge in [-0.2, -0.15) is 0 Å². The van der Waals surface area contributed by atoms with Crippen LogP contribution in [0.1, 0.15) is 23.2 Å². The molecule has 2 nitrogen and oxygen atoms in total. The van der Waals surface area contributed by atoms with E-state index >= 15 is 0 Å². The molecule has 0 heterocycles. The topological polar surface area (TPSA) is 26.3 Å². The van der Waals surface area contributed by atoms with E-state index in [2.05, 4.69) is 0 Å². The maximum Gasteiger partial charge on any atom is 0.164 e. The van der Waals surface area contributed by atoms with Gasteiger partial charge in [-0.3, -0.25) is 4.79 Å². The number of carbonyl (C=O) groups is 1. The van der Waals surface area contributed by atoms with Gasteiger partial charge in [0.1, 0.15) is 5.75 Å². The summed E-state index contributed by atoms with van der Waals surface area (Å²) in [6.45, 7) is 0. The van der Waals surface area contributed by atoms with Gasteiger partial charge >= 0.3 is 0 Å². The molecule has 0 N–H and O–H groups in total. The summed E-state index contributed by atoms with van der Waals surface area (Å²) in [6, 6.07) is 5.03. The van der Waals surface area contributed by atoms with E-state index < -0.39 is 0 Å². The zero-order valence-electron chi connectivity index (χ0n) is 8.43. The first-order valence-corrected chi connectivity index (χ1v) is 5.53. The number of ether oxygens (including phenoxy) is 1. The Labute approximate surface area is 99.1 Å². The molecule has 0 saturated carbocycles. The van der Waals surface area contributed by atoms with Gasteiger partial charge < -0.3 is 4.74 Å². The van der Waals surface area contributed by atoms with Crippen molar-refractivity contribution in [3.8, 4) is 5.75 Å². The first-order valence-electron chi connectivity index (χ1n) is 4.61. The van der Waals surface area contributed by atoms with Gasteiger partial charge in [-0.15, -0.1) is 11.6 Å².